The fourth-order valence-electron chi connectivity index (χ4n) is 2.05. The van der Waals surface area contributed by atoms with E-state index < -0.39 is 0 Å². The van der Waals surface area contributed by atoms with Gasteiger partial charge in [0.1, 0.15) is 5.82 Å². The molecule has 1 fully saturated rings. The van der Waals surface area contributed by atoms with E-state index in [0.29, 0.717) is 5.92 Å². The molecule has 1 saturated carbocycles. The van der Waals surface area contributed by atoms with Gasteiger partial charge in [-0.15, -0.1) is 5.10 Å². The van der Waals surface area contributed by atoms with Crippen LogP contribution in [0, 0.1) is 0 Å². The molecule has 106 valence electrons. The van der Waals surface area contributed by atoms with Crippen LogP contribution in [0.25, 0.3) is 5.69 Å². The van der Waals surface area contributed by atoms with Crippen LogP contribution in [0.5, 0.6) is 0 Å². The Morgan fingerprint density at radius 1 is 1.24 bits per heavy atom. The van der Waals surface area contributed by atoms with Crippen LogP contribution in [-0.4, -0.2) is 30.2 Å². The number of aromatic amines is 1. The first-order valence-corrected chi connectivity index (χ1v) is 7.89. The number of thioether (sulfide) groups is 1. The van der Waals surface area contributed by atoms with Crippen LogP contribution in [0.3, 0.4) is 0 Å². The predicted molar refractivity (Wildman–Crippen MR) is 79.3 cm³/mol. The summed E-state index contributed by atoms with van der Waals surface area (Å²) in [5.74, 6) is 2.34. The highest BCUT2D eigenvalue weighted by atomic mass is 32.2. The number of H-pyrrole nitrogens is 1. The van der Waals surface area contributed by atoms with Crippen molar-refractivity contribution in [1.29, 1.82) is 0 Å². The highest BCUT2D eigenvalue weighted by molar-refractivity contribution is 7.98. The smallest absolute Gasteiger partial charge is 0.208 e. The van der Waals surface area contributed by atoms with Gasteiger partial charge in [0.15, 0.2) is 0 Å². The second-order valence-electron chi connectivity index (χ2n) is 5.03. The Balaban J connectivity index is 1.41. The summed E-state index contributed by atoms with van der Waals surface area (Å²) >= 11 is 1.58. The maximum absolute atomic E-state index is 4.49. The monoisotopic (exact) mass is 298 g/mol. The molecule has 4 rings (SSSR count). The largest absolute Gasteiger partial charge is 0.262 e. The molecule has 21 heavy (non-hydrogen) atoms. The molecule has 0 amide bonds. The van der Waals surface area contributed by atoms with Crippen LogP contribution in [0.15, 0.2) is 41.7 Å². The van der Waals surface area contributed by atoms with Crippen molar-refractivity contribution in [3.63, 3.8) is 0 Å². The minimum atomic E-state index is 0.603. The van der Waals surface area contributed by atoms with Crippen molar-refractivity contribution < 1.29 is 0 Å². The Morgan fingerprint density at radius 2 is 2.10 bits per heavy atom. The van der Waals surface area contributed by atoms with Gasteiger partial charge in [-0.1, -0.05) is 30.0 Å². The summed E-state index contributed by atoms with van der Waals surface area (Å²) in [5.41, 5.74) is 1.88. The van der Waals surface area contributed by atoms with E-state index in [1.807, 2.05) is 30.3 Å². The van der Waals surface area contributed by atoms with Gasteiger partial charge in [-0.25, -0.2) is 4.98 Å². The van der Waals surface area contributed by atoms with Crippen LogP contribution < -0.4 is 0 Å². The van der Waals surface area contributed by atoms with Crippen LogP contribution in [0.2, 0.25) is 0 Å². The number of benzene rings is 1. The molecule has 0 radical (unpaired) electrons. The van der Waals surface area contributed by atoms with Crippen molar-refractivity contribution >= 4 is 11.8 Å². The number of nitrogens with one attached hydrogen (secondary N) is 1. The van der Waals surface area contributed by atoms with Gasteiger partial charge in [0.05, 0.1) is 17.6 Å². The molecule has 3 aromatic rings. The van der Waals surface area contributed by atoms with Crippen molar-refractivity contribution in [1.82, 2.24) is 30.2 Å². The van der Waals surface area contributed by atoms with Crippen molar-refractivity contribution in [3.05, 3.63) is 48.0 Å². The van der Waals surface area contributed by atoms with Gasteiger partial charge in [-0.2, -0.15) is 15.0 Å². The summed E-state index contributed by atoms with van der Waals surface area (Å²) in [4.78, 5) is 6.14. The molecular weight excluding hydrogens is 284 g/mol. The van der Waals surface area contributed by atoms with E-state index in [-0.39, 0.29) is 0 Å². The molecule has 0 spiro atoms. The van der Waals surface area contributed by atoms with Crippen LogP contribution in [0.1, 0.15) is 30.3 Å². The Hall–Kier alpha value is -2.15. The predicted octanol–water partition coefficient (Wildman–Crippen LogP) is 2.56. The maximum atomic E-state index is 4.49. The molecule has 0 saturated heterocycles. The Labute approximate surface area is 126 Å². The van der Waals surface area contributed by atoms with E-state index in [0.717, 1.165) is 28.1 Å². The number of rotatable bonds is 5. The molecule has 7 heteroatoms. The lowest BCUT2D eigenvalue weighted by molar-refractivity contribution is 0.744. The summed E-state index contributed by atoms with van der Waals surface area (Å²) < 4.78 is 0. The summed E-state index contributed by atoms with van der Waals surface area (Å²) in [6.45, 7) is 0. The molecule has 2 heterocycles. The number of nitrogens with zero attached hydrogens (tertiary/aromatic N) is 5. The molecule has 1 N–H and O–H groups in total. The van der Waals surface area contributed by atoms with Gasteiger partial charge in [0, 0.05) is 11.7 Å². The van der Waals surface area contributed by atoms with E-state index in [9.17, 15) is 0 Å². The zero-order chi connectivity index (χ0) is 14.1. The summed E-state index contributed by atoms with van der Waals surface area (Å²) in [5, 5.41) is 16.8. The van der Waals surface area contributed by atoms with E-state index in [1.54, 1.807) is 22.8 Å². The molecule has 0 atom stereocenters. The minimum absolute atomic E-state index is 0.603. The molecular formula is C14H14N6S. The molecule has 1 aromatic carbocycles. The first-order valence-electron chi connectivity index (χ1n) is 6.90. The highest BCUT2D eigenvalue weighted by Crippen LogP contribution is 2.38. The number of para-hydroxylation sites is 1. The fraction of sp³-hybridized carbons (Fsp3) is 0.286. The Kier molecular flexibility index (Phi) is 3.19. The number of hydrogen-bond acceptors (Lipinski definition) is 5. The van der Waals surface area contributed by atoms with Gasteiger partial charge in [-0.3, -0.25) is 5.10 Å². The molecule has 1 aliphatic rings. The average molecular weight is 298 g/mol. The zero-order valence-corrected chi connectivity index (χ0v) is 12.1. The third-order valence-electron chi connectivity index (χ3n) is 3.32. The first kappa shape index (κ1) is 12.6. The SMILES string of the molecule is c1ccc(-n2ncc(CSc3n[nH]c(C4CC4)n3)n2)cc1. The van der Waals surface area contributed by atoms with E-state index in [1.165, 1.54) is 12.8 Å². The van der Waals surface area contributed by atoms with Gasteiger partial charge < -0.3 is 0 Å². The van der Waals surface area contributed by atoms with Crippen LogP contribution in [0.4, 0.5) is 0 Å². The van der Waals surface area contributed by atoms with Gasteiger partial charge in [0.25, 0.3) is 0 Å². The van der Waals surface area contributed by atoms with Crippen molar-refractivity contribution in [3.8, 4) is 5.69 Å². The maximum Gasteiger partial charge on any atom is 0.208 e. The van der Waals surface area contributed by atoms with Gasteiger partial charge in [0.2, 0.25) is 5.16 Å². The van der Waals surface area contributed by atoms with Crippen molar-refractivity contribution in [2.24, 2.45) is 0 Å². The molecule has 1 aliphatic carbocycles. The fourth-order valence-corrected chi connectivity index (χ4v) is 2.73. The van der Waals surface area contributed by atoms with Gasteiger partial charge in [-0.05, 0) is 25.0 Å². The quantitative estimate of drug-likeness (QED) is 0.733. The molecule has 6 nitrogen and oxygen atoms in total. The summed E-state index contributed by atoms with van der Waals surface area (Å²) in [7, 11) is 0. The third-order valence-corrected chi connectivity index (χ3v) is 4.20. The molecule has 2 aromatic heterocycles. The number of hydrogen-bond donors (Lipinski definition) is 1. The Morgan fingerprint density at radius 3 is 2.90 bits per heavy atom. The van der Waals surface area contributed by atoms with Crippen molar-refractivity contribution in [2.45, 2.75) is 29.7 Å². The normalized spacial score (nSPS) is 14.5. The first-order chi connectivity index (χ1) is 10.4. The second kappa shape index (κ2) is 5.33. The lowest BCUT2D eigenvalue weighted by Gasteiger charge is -1.97. The zero-order valence-electron chi connectivity index (χ0n) is 11.3. The van der Waals surface area contributed by atoms with E-state index in [2.05, 4.69) is 25.4 Å². The summed E-state index contributed by atoms with van der Waals surface area (Å²) in [6.07, 6.45) is 4.24. The van der Waals surface area contributed by atoms with Crippen LogP contribution >= 0.6 is 11.8 Å². The average Bonchev–Trinajstić information content (AvgIpc) is 3.09. The minimum Gasteiger partial charge on any atom is -0.262 e. The topological polar surface area (TPSA) is 72.3 Å². The van der Waals surface area contributed by atoms with Gasteiger partial charge >= 0.3 is 0 Å². The summed E-state index contributed by atoms with van der Waals surface area (Å²) in [6, 6.07) is 9.88. The molecule has 0 bridgehead atoms. The van der Waals surface area contributed by atoms with E-state index >= 15 is 0 Å². The molecule has 0 aliphatic heterocycles. The third kappa shape index (κ3) is 2.82. The lowest BCUT2D eigenvalue weighted by Crippen LogP contribution is -1.98. The standard InChI is InChI=1S/C14H14N6S/c1-2-4-12(5-3-1)20-15-8-11(19-20)9-21-14-16-13(17-18-14)10-6-7-10/h1-5,8,10H,6-7,9H2,(H,16,17,18). The Bertz CT molecular complexity index is 731. The molecule has 0 unspecified atom stereocenters. The van der Waals surface area contributed by atoms with E-state index in [4.69, 9.17) is 0 Å². The second-order valence-corrected chi connectivity index (χ2v) is 5.97. The van der Waals surface area contributed by atoms with Crippen molar-refractivity contribution in [2.75, 3.05) is 0 Å². The van der Waals surface area contributed by atoms with Crippen LogP contribution in [-0.2, 0) is 5.75 Å². The number of aromatic nitrogens is 6. The lowest BCUT2D eigenvalue weighted by atomic mass is 10.3. The highest BCUT2D eigenvalue weighted by Gasteiger charge is 2.27.